The van der Waals surface area contributed by atoms with Crippen molar-refractivity contribution in [3.05, 3.63) is 93.0 Å². The maximum absolute atomic E-state index is 13.2. The first-order valence-corrected chi connectivity index (χ1v) is 10.5. The Hall–Kier alpha value is -4.24. The fraction of sp³-hybridized carbons (Fsp3) is 0.0833. The molecule has 3 aromatic heterocycles. The lowest BCUT2D eigenvalue weighted by molar-refractivity contribution is -0.139. The molecular formula is C24H16ClFN4O4. The molecule has 0 fully saturated rings. The summed E-state index contributed by atoms with van der Waals surface area (Å²) in [6, 6.07) is 12.8. The highest BCUT2D eigenvalue weighted by molar-refractivity contribution is 6.31. The van der Waals surface area contributed by atoms with Crippen molar-refractivity contribution < 1.29 is 18.3 Å². The molecule has 8 nitrogen and oxygen atoms in total. The van der Waals surface area contributed by atoms with E-state index in [1.54, 1.807) is 37.3 Å². The van der Waals surface area contributed by atoms with Crippen molar-refractivity contribution >= 4 is 45.7 Å². The number of hydrogen-bond acceptors (Lipinski definition) is 6. The largest absolute Gasteiger partial charge is 0.454 e. The number of aromatic nitrogens is 4. The highest BCUT2D eigenvalue weighted by atomic mass is 35.5. The molecule has 5 aromatic rings. The number of nitrogens with one attached hydrogen (secondary N) is 1. The molecule has 0 radical (unpaired) electrons. The van der Waals surface area contributed by atoms with Crippen LogP contribution in [-0.4, -0.2) is 25.7 Å². The summed E-state index contributed by atoms with van der Waals surface area (Å²) in [5.74, 6) is -0.850. The minimum Gasteiger partial charge on any atom is -0.454 e. The number of furan rings is 1. The lowest BCUT2D eigenvalue weighted by atomic mass is 10.2. The van der Waals surface area contributed by atoms with Crippen molar-refractivity contribution in [1.29, 1.82) is 0 Å². The van der Waals surface area contributed by atoms with Crippen molar-refractivity contribution in [2.24, 2.45) is 0 Å². The topological polar surface area (TPSA) is 103 Å². The van der Waals surface area contributed by atoms with Crippen molar-refractivity contribution in [3.8, 4) is 5.69 Å². The number of nitrogens with zero attached hydrogens (tertiary/aromatic N) is 3. The third-order valence-corrected chi connectivity index (χ3v) is 5.50. The molecule has 34 heavy (non-hydrogen) atoms. The Morgan fingerprint density at radius 3 is 2.79 bits per heavy atom. The van der Waals surface area contributed by atoms with Gasteiger partial charge in [0.05, 0.1) is 11.4 Å². The van der Waals surface area contributed by atoms with Crippen molar-refractivity contribution in [1.82, 2.24) is 19.7 Å². The standard InChI is InChI=1S/C24H16ClFN4O4/c1-13-16(23(25)30(29-13)15-8-6-14(26)7-9-15)10-11-20(31)33-12-19-27-21-17-4-2-3-5-18(17)34-22(21)24(32)28-19/h2-11H,12H2,1H3,(H,27,28,32). The SMILES string of the molecule is Cc1nn(-c2ccc(F)cc2)c(Cl)c1C=CC(=O)OCc1nc2c(oc3ccccc32)c(=O)[nH]1. The molecule has 170 valence electrons. The first kappa shape index (κ1) is 21.6. The number of hydrogen-bond donors (Lipinski definition) is 1. The number of halogens is 2. The molecule has 0 aliphatic heterocycles. The van der Waals surface area contributed by atoms with Gasteiger partial charge in [0.15, 0.2) is 0 Å². The Labute approximate surface area is 196 Å². The van der Waals surface area contributed by atoms with Crippen LogP contribution >= 0.6 is 11.6 Å². The van der Waals surface area contributed by atoms with E-state index in [0.29, 0.717) is 33.4 Å². The third kappa shape index (κ3) is 3.97. The Morgan fingerprint density at radius 2 is 2.00 bits per heavy atom. The number of fused-ring (bicyclic) bond motifs is 3. The monoisotopic (exact) mass is 478 g/mol. The Morgan fingerprint density at radius 1 is 1.24 bits per heavy atom. The van der Waals surface area contributed by atoms with E-state index in [1.165, 1.54) is 29.0 Å². The van der Waals surface area contributed by atoms with Gasteiger partial charge in [0, 0.05) is 17.0 Å². The normalized spacial score (nSPS) is 11.6. The van der Waals surface area contributed by atoms with Crippen LogP contribution in [-0.2, 0) is 16.1 Å². The molecule has 5 rings (SSSR count). The van der Waals surface area contributed by atoms with Crippen LogP contribution < -0.4 is 5.56 Å². The Bertz CT molecular complexity index is 1630. The summed E-state index contributed by atoms with van der Waals surface area (Å²) in [7, 11) is 0. The lowest BCUT2D eigenvalue weighted by Gasteiger charge is -2.03. The van der Waals surface area contributed by atoms with E-state index < -0.39 is 11.5 Å². The summed E-state index contributed by atoms with van der Waals surface area (Å²) in [5, 5.41) is 5.29. The van der Waals surface area contributed by atoms with Crippen LogP contribution in [0.1, 0.15) is 17.1 Å². The number of aryl methyl sites for hydroxylation is 1. The summed E-state index contributed by atoms with van der Waals surface area (Å²) in [5.41, 5.74) is 2.26. The molecule has 0 amide bonds. The summed E-state index contributed by atoms with van der Waals surface area (Å²) >= 11 is 6.41. The number of esters is 1. The van der Waals surface area contributed by atoms with Gasteiger partial charge in [-0.3, -0.25) is 4.79 Å². The van der Waals surface area contributed by atoms with E-state index in [2.05, 4.69) is 15.1 Å². The molecule has 2 aromatic carbocycles. The molecule has 0 spiro atoms. The molecule has 0 saturated heterocycles. The van der Waals surface area contributed by atoms with Crippen LogP contribution in [0.2, 0.25) is 5.15 Å². The summed E-state index contributed by atoms with van der Waals surface area (Å²) in [4.78, 5) is 31.6. The van der Waals surface area contributed by atoms with E-state index in [1.807, 2.05) is 6.07 Å². The minimum absolute atomic E-state index is 0.111. The number of rotatable bonds is 5. The van der Waals surface area contributed by atoms with Gasteiger partial charge in [-0.15, -0.1) is 0 Å². The van der Waals surface area contributed by atoms with Crippen molar-refractivity contribution in [3.63, 3.8) is 0 Å². The summed E-state index contributed by atoms with van der Waals surface area (Å²) < 4.78 is 25.4. The van der Waals surface area contributed by atoms with Gasteiger partial charge in [0.1, 0.15) is 34.5 Å². The Balaban J connectivity index is 1.33. The number of benzene rings is 2. The summed E-state index contributed by atoms with van der Waals surface area (Å²) in [6.07, 6.45) is 2.69. The third-order valence-electron chi connectivity index (χ3n) is 5.14. The predicted molar refractivity (Wildman–Crippen MR) is 124 cm³/mol. The van der Waals surface area contributed by atoms with Gasteiger partial charge in [-0.05, 0) is 49.4 Å². The molecular weight excluding hydrogens is 463 g/mol. The van der Waals surface area contributed by atoms with Crippen LogP contribution in [0.25, 0.3) is 33.8 Å². The van der Waals surface area contributed by atoms with Crippen LogP contribution in [0.3, 0.4) is 0 Å². The molecule has 0 bridgehead atoms. The van der Waals surface area contributed by atoms with Crippen molar-refractivity contribution in [2.45, 2.75) is 13.5 Å². The van der Waals surface area contributed by atoms with Crippen LogP contribution in [0, 0.1) is 12.7 Å². The number of para-hydroxylation sites is 1. The number of H-pyrrole nitrogens is 1. The van der Waals surface area contributed by atoms with Gasteiger partial charge in [-0.2, -0.15) is 5.10 Å². The molecule has 0 aliphatic rings. The fourth-order valence-electron chi connectivity index (χ4n) is 3.51. The van der Waals surface area contributed by atoms with Gasteiger partial charge in [-0.1, -0.05) is 23.7 Å². The number of carbonyl (C=O) groups is 1. The molecule has 0 aliphatic carbocycles. The average Bonchev–Trinajstić information content (AvgIpc) is 3.34. The van der Waals surface area contributed by atoms with Gasteiger partial charge in [-0.25, -0.2) is 18.9 Å². The highest BCUT2D eigenvalue weighted by Crippen LogP contribution is 2.26. The number of ether oxygens (including phenoxy) is 1. The van der Waals surface area contributed by atoms with E-state index in [4.69, 9.17) is 20.8 Å². The smallest absolute Gasteiger partial charge is 0.331 e. The van der Waals surface area contributed by atoms with Gasteiger partial charge >= 0.3 is 5.97 Å². The average molecular weight is 479 g/mol. The first-order chi connectivity index (χ1) is 16.4. The minimum atomic E-state index is -0.662. The molecule has 0 unspecified atom stereocenters. The van der Waals surface area contributed by atoms with E-state index in [-0.39, 0.29) is 29.0 Å². The molecule has 1 N–H and O–H groups in total. The van der Waals surface area contributed by atoms with E-state index >= 15 is 0 Å². The fourth-order valence-corrected chi connectivity index (χ4v) is 3.84. The lowest BCUT2D eigenvalue weighted by Crippen LogP contribution is -2.13. The zero-order chi connectivity index (χ0) is 23.8. The maximum Gasteiger partial charge on any atom is 0.331 e. The molecule has 0 saturated carbocycles. The second kappa shape index (κ2) is 8.60. The second-order valence-corrected chi connectivity index (χ2v) is 7.77. The quantitative estimate of drug-likeness (QED) is 0.290. The number of carbonyl (C=O) groups excluding carboxylic acids is 1. The van der Waals surface area contributed by atoms with E-state index in [0.717, 1.165) is 0 Å². The maximum atomic E-state index is 13.2. The second-order valence-electron chi connectivity index (χ2n) is 7.41. The van der Waals surface area contributed by atoms with Gasteiger partial charge < -0.3 is 14.1 Å². The van der Waals surface area contributed by atoms with E-state index in [9.17, 15) is 14.0 Å². The van der Waals surface area contributed by atoms with Crippen molar-refractivity contribution in [2.75, 3.05) is 0 Å². The van der Waals surface area contributed by atoms with Gasteiger partial charge in [0.2, 0.25) is 5.58 Å². The summed E-state index contributed by atoms with van der Waals surface area (Å²) in [6.45, 7) is 1.49. The Kier molecular flexibility index (Phi) is 5.46. The van der Waals surface area contributed by atoms with Crippen LogP contribution in [0.5, 0.6) is 0 Å². The molecule has 10 heteroatoms. The van der Waals surface area contributed by atoms with Crippen LogP contribution in [0.4, 0.5) is 4.39 Å². The highest BCUT2D eigenvalue weighted by Gasteiger charge is 2.15. The molecule has 0 atom stereocenters. The zero-order valence-electron chi connectivity index (χ0n) is 17.7. The van der Waals surface area contributed by atoms with Gasteiger partial charge in [0.25, 0.3) is 5.56 Å². The predicted octanol–water partition coefficient (Wildman–Crippen LogP) is 4.71. The van der Waals surface area contributed by atoms with Crippen LogP contribution in [0.15, 0.2) is 63.8 Å². The zero-order valence-corrected chi connectivity index (χ0v) is 18.5. The first-order valence-electron chi connectivity index (χ1n) is 10.2. The molecule has 3 heterocycles. The number of aromatic amines is 1.